The molecule has 0 aromatic carbocycles. The maximum Gasteiger partial charge on any atom is 0 e. The Hall–Kier alpha value is -0.557. The maximum absolute atomic E-state index is 10.2. The molecule has 0 aliphatic heterocycles. The van der Waals surface area contributed by atoms with Crippen molar-refractivity contribution in [3.8, 4) is 0 Å². The van der Waals surface area contributed by atoms with E-state index in [9.17, 15) is 14.4 Å². The smallest absolute Gasteiger partial charge is 0 e. The zero-order valence-corrected chi connectivity index (χ0v) is 18.8. The molecule has 0 spiro atoms. The van der Waals surface area contributed by atoms with Crippen molar-refractivity contribution in [1.82, 2.24) is 5.32 Å². The molecule has 0 aromatic rings. The van der Waals surface area contributed by atoms with Gasteiger partial charge in [-0.1, -0.05) is 13.8 Å². The Balaban J connectivity index is -0.0000000983. The Morgan fingerprint density at radius 1 is 1.04 bits per heavy atom. The molecule has 2 atom stereocenters. The number of carbonyl (C=O) groups is 3. The molecule has 0 aromatic heterocycles. The second kappa shape index (κ2) is 24.5. The second-order valence-electron chi connectivity index (χ2n) is 5.60. The van der Waals surface area contributed by atoms with Crippen molar-refractivity contribution < 1.29 is 49.2 Å². The van der Waals surface area contributed by atoms with Crippen molar-refractivity contribution in [2.24, 2.45) is 28.9 Å². The first-order chi connectivity index (χ1) is 11.8. The van der Waals surface area contributed by atoms with E-state index in [1.54, 1.807) is 0 Å². The average Bonchev–Trinajstić information content (AvgIpc) is 2.51. The van der Waals surface area contributed by atoms with E-state index in [2.05, 4.69) is 11.1 Å². The number of nitrogens with one attached hydrogen (secondary N) is 2. The van der Waals surface area contributed by atoms with Crippen molar-refractivity contribution in [2.45, 2.75) is 45.2 Å². The van der Waals surface area contributed by atoms with Gasteiger partial charge in [0.1, 0.15) is 12.1 Å². The number of hydrogen-bond acceptors (Lipinski definition) is 7. The monoisotopic (exact) mass is 486 g/mol. The molecule has 0 fully saturated rings. The third-order valence-corrected chi connectivity index (χ3v) is 2.54. The summed E-state index contributed by atoms with van der Waals surface area (Å²) < 4.78 is 0. The van der Waals surface area contributed by atoms with E-state index in [1.807, 2.05) is 13.8 Å². The fraction of sp³-hybridized carbons (Fsp3) is 0.714. The molecule has 0 amide bonds. The Labute approximate surface area is 207 Å². The number of carboxylic acids is 3. The molecule has 12 nitrogen and oxygen atoms in total. The van der Waals surface area contributed by atoms with Crippen molar-refractivity contribution in [3.63, 3.8) is 0 Å². The molecule has 0 heterocycles. The van der Waals surface area contributed by atoms with Gasteiger partial charge in [0, 0.05) is 26.0 Å². The first-order valence-corrected chi connectivity index (χ1v) is 7.81. The quantitative estimate of drug-likeness (QED) is 0.0695. The van der Waals surface area contributed by atoms with Crippen LogP contribution in [0.2, 0.25) is 0 Å². The zero-order valence-electron chi connectivity index (χ0n) is 15.9. The summed E-state index contributed by atoms with van der Waals surface area (Å²) in [6.45, 7) is 4.10. The van der Waals surface area contributed by atoms with Crippen molar-refractivity contribution in [3.05, 3.63) is 0 Å². The third-order valence-electron chi connectivity index (χ3n) is 2.54. The van der Waals surface area contributed by atoms with Crippen molar-refractivity contribution in [1.29, 1.82) is 5.41 Å². The summed E-state index contributed by atoms with van der Waals surface area (Å²) in [7, 11) is 0. The van der Waals surface area contributed by atoms with E-state index >= 15 is 0 Å². The summed E-state index contributed by atoms with van der Waals surface area (Å²) in [5, 5.41) is 33.6. The predicted octanol–water partition coefficient (Wildman–Crippen LogP) is -2.78. The fourth-order valence-corrected chi connectivity index (χ4v) is 1.28. The van der Waals surface area contributed by atoms with Gasteiger partial charge in [-0.25, -0.2) is 0 Å². The van der Waals surface area contributed by atoms with Crippen LogP contribution in [0.15, 0.2) is 0 Å². The van der Waals surface area contributed by atoms with Crippen LogP contribution in [0.1, 0.15) is 33.1 Å². The SMILES string of the molecule is CC(C)CC(N)C(=O)O.N=C(N)NCCCC(N)C(=O)O.NCC(=O)O.[CaH2].[Zn]. The van der Waals surface area contributed by atoms with E-state index < -0.39 is 30.0 Å². The van der Waals surface area contributed by atoms with Crippen LogP contribution in [0.5, 0.6) is 0 Å². The summed E-state index contributed by atoms with van der Waals surface area (Å²) in [4.78, 5) is 29.6. The summed E-state index contributed by atoms with van der Waals surface area (Å²) in [5.74, 6) is -2.64. The van der Waals surface area contributed by atoms with Gasteiger partial charge in [-0.2, -0.15) is 0 Å². The van der Waals surface area contributed by atoms with E-state index in [-0.39, 0.29) is 69.7 Å². The van der Waals surface area contributed by atoms with Gasteiger partial charge in [0.2, 0.25) is 0 Å². The molecular formula is C14H34CaN6O6Zn. The number of aliphatic carboxylic acids is 3. The Kier molecular flexibility index (Phi) is 33.3. The zero-order chi connectivity index (χ0) is 21.3. The van der Waals surface area contributed by atoms with Crippen LogP contribution in [0, 0.1) is 11.3 Å². The minimum Gasteiger partial charge on any atom is 0 e. The first kappa shape index (κ1) is 38.1. The van der Waals surface area contributed by atoms with Gasteiger partial charge in [0.05, 0.1) is 6.54 Å². The topological polar surface area (TPSA) is 252 Å². The number of nitrogens with two attached hydrogens (primary N) is 4. The molecule has 0 bridgehead atoms. The van der Waals surface area contributed by atoms with Crippen LogP contribution in [-0.2, 0) is 33.9 Å². The maximum atomic E-state index is 10.2. The molecule has 0 saturated heterocycles. The van der Waals surface area contributed by atoms with Gasteiger partial charge in [-0.05, 0) is 25.2 Å². The van der Waals surface area contributed by atoms with E-state index in [0.29, 0.717) is 31.7 Å². The van der Waals surface area contributed by atoms with E-state index in [0.717, 1.165) is 0 Å². The number of carboxylic acid groups (broad SMARTS) is 3. The molecule has 0 saturated carbocycles. The Morgan fingerprint density at radius 2 is 1.43 bits per heavy atom. The van der Waals surface area contributed by atoms with Crippen LogP contribution in [-0.4, -0.2) is 102 Å². The van der Waals surface area contributed by atoms with Gasteiger partial charge < -0.3 is 43.6 Å². The number of hydrogen-bond donors (Lipinski definition) is 9. The fourth-order valence-electron chi connectivity index (χ4n) is 1.28. The molecule has 0 aliphatic carbocycles. The molecule has 0 rings (SSSR count). The van der Waals surface area contributed by atoms with Gasteiger partial charge in [-0.15, -0.1) is 0 Å². The third kappa shape index (κ3) is 36.4. The van der Waals surface area contributed by atoms with E-state index in [1.165, 1.54) is 0 Å². The van der Waals surface area contributed by atoms with Gasteiger partial charge in [0.25, 0.3) is 0 Å². The molecule has 2 unspecified atom stereocenters. The largest absolute Gasteiger partial charge is 0 e. The number of guanidine groups is 1. The molecule has 0 radical (unpaired) electrons. The van der Waals surface area contributed by atoms with Crippen molar-refractivity contribution >= 4 is 61.6 Å². The average molecular weight is 488 g/mol. The second-order valence-corrected chi connectivity index (χ2v) is 5.60. The minimum atomic E-state index is -1.00. The Bertz CT molecular complexity index is 445. The predicted molar refractivity (Wildman–Crippen MR) is 105 cm³/mol. The van der Waals surface area contributed by atoms with Gasteiger partial charge >= 0.3 is 55.6 Å². The van der Waals surface area contributed by atoms with Gasteiger partial charge in [-0.3, -0.25) is 19.8 Å². The standard InChI is InChI=1S/C6H14N4O2.C6H13NO2.C2H5NO2.Ca.Zn.2H/c7-4(5(11)12)2-1-3-10-6(8)9;1-4(2)3-5(7)6(8)9;3-1-2(4)5;;;;/h4H,1-3,7H2,(H,11,12)(H4,8,9,10);4-5H,3,7H2,1-2H3,(H,8,9);1,3H2,(H,4,5);;;;. The molecule has 14 heteroatoms. The van der Waals surface area contributed by atoms with Crippen LogP contribution in [0.25, 0.3) is 0 Å². The Morgan fingerprint density at radius 3 is 1.64 bits per heavy atom. The van der Waals surface area contributed by atoms with Crippen LogP contribution in [0.3, 0.4) is 0 Å². The van der Waals surface area contributed by atoms with E-state index in [4.69, 9.17) is 37.9 Å². The molecule has 28 heavy (non-hydrogen) atoms. The summed E-state index contributed by atoms with van der Waals surface area (Å²) in [6.07, 6.45) is 1.53. The molecule has 0 aliphatic rings. The van der Waals surface area contributed by atoms with Crippen LogP contribution < -0.4 is 28.3 Å². The normalized spacial score (nSPS) is 10.9. The van der Waals surface area contributed by atoms with Gasteiger partial charge in [0.15, 0.2) is 5.96 Å². The molecular weight excluding hydrogens is 454 g/mol. The van der Waals surface area contributed by atoms with Crippen molar-refractivity contribution in [2.75, 3.05) is 13.1 Å². The number of rotatable bonds is 9. The van der Waals surface area contributed by atoms with Crippen LogP contribution >= 0.6 is 0 Å². The minimum absolute atomic E-state index is 0. The summed E-state index contributed by atoms with van der Waals surface area (Å²) in [5.41, 5.74) is 20.0. The molecule has 13 N–H and O–H groups in total. The first-order valence-electron chi connectivity index (χ1n) is 7.81. The summed E-state index contributed by atoms with van der Waals surface area (Å²) >= 11 is 0. The summed E-state index contributed by atoms with van der Waals surface area (Å²) in [6, 6.07) is -1.51. The van der Waals surface area contributed by atoms with Crippen LogP contribution in [0.4, 0.5) is 0 Å². The molecule has 160 valence electrons.